The minimum Gasteiger partial charge on any atom is -0.339 e. The summed E-state index contributed by atoms with van der Waals surface area (Å²) in [5.41, 5.74) is 6.03. The lowest BCUT2D eigenvalue weighted by Crippen LogP contribution is -2.57. The van der Waals surface area contributed by atoms with Crippen molar-refractivity contribution in [3.05, 3.63) is 0 Å². The summed E-state index contributed by atoms with van der Waals surface area (Å²) in [6.45, 7) is 7.94. The molecule has 1 saturated carbocycles. The molecule has 2 fully saturated rings. The molecule has 0 spiro atoms. The molecule has 1 heterocycles. The van der Waals surface area contributed by atoms with E-state index in [1.807, 2.05) is 4.90 Å². The van der Waals surface area contributed by atoms with Crippen LogP contribution in [-0.2, 0) is 4.79 Å². The van der Waals surface area contributed by atoms with Gasteiger partial charge in [-0.1, -0.05) is 26.7 Å². The van der Waals surface area contributed by atoms with Crippen molar-refractivity contribution in [3.8, 4) is 0 Å². The SMILES string of the molecule is CCC(C)C(N)C(=O)N1CCN(C2CCC2)CC1.Cl. The van der Waals surface area contributed by atoms with Gasteiger partial charge in [-0.15, -0.1) is 12.4 Å². The first-order valence-corrected chi connectivity index (χ1v) is 7.42. The van der Waals surface area contributed by atoms with Gasteiger partial charge in [0.2, 0.25) is 5.91 Å². The van der Waals surface area contributed by atoms with Gasteiger partial charge in [-0.2, -0.15) is 0 Å². The highest BCUT2D eigenvalue weighted by Gasteiger charge is 2.31. The van der Waals surface area contributed by atoms with Crippen molar-refractivity contribution >= 4 is 18.3 Å². The van der Waals surface area contributed by atoms with Crippen LogP contribution in [0.2, 0.25) is 0 Å². The van der Waals surface area contributed by atoms with Gasteiger partial charge in [-0.3, -0.25) is 9.69 Å². The third-order valence-electron chi connectivity index (χ3n) is 4.76. The zero-order valence-corrected chi connectivity index (χ0v) is 13.0. The zero-order valence-electron chi connectivity index (χ0n) is 12.2. The Morgan fingerprint density at radius 1 is 1.26 bits per heavy atom. The predicted molar refractivity (Wildman–Crippen MR) is 80.5 cm³/mol. The van der Waals surface area contributed by atoms with Crippen molar-refractivity contribution in [2.45, 2.75) is 51.6 Å². The maximum Gasteiger partial charge on any atom is 0.239 e. The number of rotatable bonds is 4. The molecule has 4 nitrogen and oxygen atoms in total. The lowest BCUT2D eigenvalue weighted by molar-refractivity contribution is -0.136. The van der Waals surface area contributed by atoms with E-state index >= 15 is 0 Å². The third kappa shape index (κ3) is 3.83. The third-order valence-corrected chi connectivity index (χ3v) is 4.76. The van der Waals surface area contributed by atoms with Gasteiger partial charge in [-0.25, -0.2) is 0 Å². The van der Waals surface area contributed by atoms with Gasteiger partial charge in [0.25, 0.3) is 0 Å². The van der Waals surface area contributed by atoms with Crippen LogP contribution in [0.25, 0.3) is 0 Å². The van der Waals surface area contributed by atoms with Crippen LogP contribution in [0.4, 0.5) is 0 Å². The second kappa shape index (κ2) is 7.46. The first-order valence-electron chi connectivity index (χ1n) is 7.42. The van der Waals surface area contributed by atoms with Crippen LogP contribution in [-0.4, -0.2) is 54.0 Å². The summed E-state index contributed by atoms with van der Waals surface area (Å²) < 4.78 is 0. The Labute approximate surface area is 123 Å². The molecule has 5 heteroatoms. The van der Waals surface area contributed by atoms with Crippen molar-refractivity contribution < 1.29 is 4.79 Å². The Hall–Kier alpha value is -0.320. The van der Waals surface area contributed by atoms with E-state index in [9.17, 15) is 4.79 Å². The summed E-state index contributed by atoms with van der Waals surface area (Å²) in [6, 6.07) is 0.482. The highest BCUT2D eigenvalue weighted by Crippen LogP contribution is 2.25. The highest BCUT2D eigenvalue weighted by atomic mass is 35.5. The molecule has 19 heavy (non-hydrogen) atoms. The van der Waals surface area contributed by atoms with E-state index in [0.717, 1.165) is 38.6 Å². The molecule has 1 amide bonds. The highest BCUT2D eigenvalue weighted by molar-refractivity contribution is 5.85. The summed E-state index contributed by atoms with van der Waals surface area (Å²) in [5.74, 6) is 0.430. The van der Waals surface area contributed by atoms with Crippen LogP contribution in [0.15, 0.2) is 0 Å². The van der Waals surface area contributed by atoms with Crippen LogP contribution in [0.5, 0.6) is 0 Å². The molecule has 0 aromatic carbocycles. The van der Waals surface area contributed by atoms with Crippen molar-refractivity contribution in [1.82, 2.24) is 9.80 Å². The van der Waals surface area contributed by atoms with Gasteiger partial charge in [-0.05, 0) is 18.8 Å². The Morgan fingerprint density at radius 3 is 2.26 bits per heavy atom. The molecule has 0 aromatic heterocycles. The van der Waals surface area contributed by atoms with Gasteiger partial charge < -0.3 is 10.6 Å². The molecule has 1 aliphatic heterocycles. The van der Waals surface area contributed by atoms with Crippen LogP contribution >= 0.6 is 12.4 Å². The number of carbonyl (C=O) groups is 1. The molecule has 0 radical (unpaired) electrons. The maximum atomic E-state index is 12.2. The Balaban J connectivity index is 0.00000180. The van der Waals surface area contributed by atoms with Gasteiger partial charge in [0.15, 0.2) is 0 Å². The molecule has 1 saturated heterocycles. The zero-order chi connectivity index (χ0) is 13.1. The number of amides is 1. The molecule has 0 bridgehead atoms. The first-order chi connectivity index (χ1) is 8.63. The fourth-order valence-electron chi connectivity index (χ4n) is 2.77. The largest absolute Gasteiger partial charge is 0.339 e. The van der Waals surface area contributed by atoms with Gasteiger partial charge in [0.05, 0.1) is 6.04 Å². The van der Waals surface area contributed by atoms with Gasteiger partial charge in [0.1, 0.15) is 0 Å². The summed E-state index contributed by atoms with van der Waals surface area (Å²) in [6.07, 6.45) is 5.04. The van der Waals surface area contributed by atoms with E-state index in [4.69, 9.17) is 5.73 Å². The summed E-state index contributed by atoms with van der Waals surface area (Å²) >= 11 is 0. The van der Waals surface area contributed by atoms with Crippen molar-refractivity contribution in [1.29, 1.82) is 0 Å². The maximum absolute atomic E-state index is 12.2. The van der Waals surface area contributed by atoms with Crippen molar-refractivity contribution in [2.75, 3.05) is 26.2 Å². The molecule has 2 N–H and O–H groups in total. The standard InChI is InChI=1S/C14H27N3O.ClH/c1-3-11(2)13(15)14(18)17-9-7-16(8-10-17)12-5-4-6-12;/h11-13H,3-10,15H2,1-2H3;1H. The predicted octanol–water partition coefficient (Wildman–Crippen LogP) is 1.48. The van der Waals surface area contributed by atoms with Crippen LogP contribution in [0, 0.1) is 5.92 Å². The van der Waals surface area contributed by atoms with E-state index in [0.29, 0.717) is 0 Å². The normalized spacial score (nSPS) is 24.3. The lowest BCUT2D eigenvalue weighted by atomic mass is 9.91. The Morgan fingerprint density at radius 2 is 1.84 bits per heavy atom. The lowest BCUT2D eigenvalue weighted by Gasteiger charge is -2.43. The minimum absolute atomic E-state index is 0. The van der Waals surface area contributed by atoms with Gasteiger partial charge >= 0.3 is 0 Å². The van der Waals surface area contributed by atoms with E-state index in [1.165, 1.54) is 19.3 Å². The monoisotopic (exact) mass is 289 g/mol. The van der Waals surface area contributed by atoms with E-state index in [1.54, 1.807) is 0 Å². The number of piperazine rings is 1. The number of hydrogen-bond donors (Lipinski definition) is 1. The van der Waals surface area contributed by atoms with Crippen molar-refractivity contribution in [3.63, 3.8) is 0 Å². The van der Waals surface area contributed by atoms with Crippen LogP contribution < -0.4 is 5.73 Å². The molecule has 2 atom stereocenters. The topological polar surface area (TPSA) is 49.6 Å². The Bertz CT molecular complexity index is 288. The van der Waals surface area contributed by atoms with Gasteiger partial charge in [0, 0.05) is 32.2 Å². The molecule has 2 unspecified atom stereocenters. The fraction of sp³-hybridized carbons (Fsp3) is 0.929. The van der Waals surface area contributed by atoms with E-state index in [2.05, 4.69) is 18.7 Å². The molecular weight excluding hydrogens is 262 g/mol. The summed E-state index contributed by atoms with van der Waals surface area (Å²) in [7, 11) is 0. The first kappa shape index (κ1) is 16.7. The van der Waals surface area contributed by atoms with E-state index in [-0.39, 0.29) is 30.3 Å². The number of nitrogens with zero attached hydrogens (tertiary/aromatic N) is 2. The van der Waals surface area contributed by atoms with Crippen molar-refractivity contribution in [2.24, 2.45) is 11.7 Å². The average molecular weight is 290 g/mol. The molecule has 112 valence electrons. The molecule has 2 rings (SSSR count). The number of hydrogen-bond acceptors (Lipinski definition) is 3. The fourth-order valence-corrected chi connectivity index (χ4v) is 2.77. The summed E-state index contributed by atoms with van der Waals surface area (Å²) in [4.78, 5) is 16.7. The second-order valence-electron chi connectivity index (χ2n) is 5.86. The average Bonchev–Trinajstić information content (AvgIpc) is 2.35. The second-order valence-corrected chi connectivity index (χ2v) is 5.86. The smallest absolute Gasteiger partial charge is 0.239 e. The molecule has 1 aliphatic carbocycles. The molecule has 0 aromatic rings. The van der Waals surface area contributed by atoms with E-state index < -0.39 is 0 Å². The summed E-state index contributed by atoms with van der Waals surface area (Å²) in [5, 5.41) is 0. The number of carbonyl (C=O) groups excluding carboxylic acids is 1. The molecule has 2 aliphatic rings. The van der Waals surface area contributed by atoms with Crippen LogP contribution in [0.1, 0.15) is 39.5 Å². The number of halogens is 1. The molecular formula is C14H28ClN3O. The Kier molecular flexibility index (Phi) is 6.57. The quantitative estimate of drug-likeness (QED) is 0.853. The number of nitrogens with two attached hydrogens (primary N) is 1. The van der Waals surface area contributed by atoms with Crippen LogP contribution in [0.3, 0.4) is 0 Å². The minimum atomic E-state index is -0.315.